The van der Waals surface area contributed by atoms with Crippen LogP contribution in [0, 0.1) is 13.8 Å². The molecule has 1 aromatic heterocycles. The van der Waals surface area contributed by atoms with E-state index in [1.165, 1.54) is 5.56 Å². The number of carboxylic acid groups (broad SMARTS) is 1. The number of amides is 2. The number of aromatic nitrogens is 1. The van der Waals surface area contributed by atoms with E-state index in [-0.39, 0.29) is 17.4 Å². The van der Waals surface area contributed by atoms with E-state index >= 15 is 0 Å². The van der Waals surface area contributed by atoms with Crippen LogP contribution in [0.15, 0.2) is 4.52 Å². The fourth-order valence-electron chi connectivity index (χ4n) is 4.76. The van der Waals surface area contributed by atoms with E-state index in [9.17, 15) is 22.8 Å². The summed E-state index contributed by atoms with van der Waals surface area (Å²) < 4.78 is 37.0. The lowest BCUT2D eigenvalue weighted by atomic mass is 9.87. The zero-order chi connectivity index (χ0) is 26.4. The Morgan fingerprint density at radius 1 is 1.06 bits per heavy atom. The summed E-state index contributed by atoms with van der Waals surface area (Å²) in [6.45, 7) is 7.68. The predicted molar refractivity (Wildman–Crippen MR) is 120 cm³/mol. The van der Waals surface area contributed by atoms with Crippen LogP contribution in [0.1, 0.15) is 62.0 Å². The van der Waals surface area contributed by atoms with Crippen LogP contribution in [0.2, 0.25) is 0 Å². The fraction of sp³-hybridized carbons (Fsp3) is 0.739. The van der Waals surface area contributed by atoms with E-state index < -0.39 is 12.1 Å². The number of hydrogen-bond acceptors (Lipinski definition) is 6. The Morgan fingerprint density at radius 3 is 2.17 bits per heavy atom. The summed E-state index contributed by atoms with van der Waals surface area (Å²) in [7, 11) is 3.48. The Bertz CT molecular complexity index is 883. The summed E-state index contributed by atoms with van der Waals surface area (Å²) in [5.74, 6) is -1.69. The van der Waals surface area contributed by atoms with E-state index in [1.807, 2.05) is 13.8 Å². The highest BCUT2D eigenvalue weighted by Gasteiger charge is 2.44. The van der Waals surface area contributed by atoms with Crippen molar-refractivity contribution in [3.63, 3.8) is 0 Å². The first-order chi connectivity index (χ1) is 16.3. The van der Waals surface area contributed by atoms with Crippen molar-refractivity contribution in [3.05, 3.63) is 17.0 Å². The number of likely N-dealkylation sites (tertiary alicyclic amines) is 2. The monoisotopic (exact) mass is 504 g/mol. The van der Waals surface area contributed by atoms with Crippen molar-refractivity contribution in [1.29, 1.82) is 0 Å². The molecule has 0 saturated carbocycles. The number of carboxylic acids is 1. The third kappa shape index (κ3) is 7.68. The summed E-state index contributed by atoms with van der Waals surface area (Å²) in [5.41, 5.74) is 2.14. The Balaban J connectivity index is 0.000000540. The van der Waals surface area contributed by atoms with Crippen molar-refractivity contribution in [2.24, 2.45) is 0 Å². The summed E-state index contributed by atoms with van der Waals surface area (Å²) >= 11 is 0. The standard InChI is InChI=1S/C21H34N4O3.C2HF3O2/c1-16-18(17(2)28-22-16)15-24-12-5-9-21(11-14-24)10-6-13-25(21)20(27)8-7-19(26)23(3)4;3-2(4,5)1(6)7/h5-15H2,1-4H3;(H,6,7). The van der Waals surface area contributed by atoms with Gasteiger partial charge in [0, 0.05) is 57.7 Å². The minimum Gasteiger partial charge on any atom is -0.475 e. The zero-order valence-electron chi connectivity index (χ0n) is 20.8. The zero-order valence-corrected chi connectivity index (χ0v) is 20.8. The van der Waals surface area contributed by atoms with Gasteiger partial charge in [0.15, 0.2) is 0 Å². The molecular formula is C23H35F3N4O5. The number of aliphatic carboxylic acids is 1. The highest BCUT2D eigenvalue weighted by atomic mass is 19.4. The van der Waals surface area contributed by atoms with Gasteiger partial charge in [-0.05, 0) is 52.5 Å². The molecule has 2 saturated heterocycles. The number of carbonyl (C=O) groups is 3. The first-order valence-corrected chi connectivity index (χ1v) is 11.7. The molecule has 0 aliphatic carbocycles. The van der Waals surface area contributed by atoms with E-state index in [0.717, 1.165) is 69.7 Å². The maximum atomic E-state index is 12.9. The van der Waals surface area contributed by atoms with Crippen molar-refractivity contribution < 1.29 is 37.2 Å². The van der Waals surface area contributed by atoms with Crippen LogP contribution in [-0.2, 0) is 20.9 Å². The molecule has 2 amide bonds. The summed E-state index contributed by atoms with van der Waals surface area (Å²) in [5, 5.41) is 11.2. The number of halogens is 3. The summed E-state index contributed by atoms with van der Waals surface area (Å²) in [6, 6.07) is 0. The largest absolute Gasteiger partial charge is 0.490 e. The van der Waals surface area contributed by atoms with Gasteiger partial charge in [-0.1, -0.05) is 5.16 Å². The third-order valence-corrected chi connectivity index (χ3v) is 6.76. The van der Waals surface area contributed by atoms with Gasteiger partial charge in [-0.2, -0.15) is 13.2 Å². The van der Waals surface area contributed by atoms with Crippen LogP contribution in [0.4, 0.5) is 13.2 Å². The number of hydrogen-bond donors (Lipinski definition) is 1. The molecule has 1 spiro atoms. The highest BCUT2D eigenvalue weighted by Crippen LogP contribution is 2.39. The molecule has 1 aromatic rings. The molecule has 2 fully saturated rings. The lowest BCUT2D eigenvalue weighted by molar-refractivity contribution is -0.192. The minimum atomic E-state index is -5.08. The molecule has 3 rings (SSSR count). The van der Waals surface area contributed by atoms with E-state index in [4.69, 9.17) is 14.4 Å². The lowest BCUT2D eigenvalue weighted by Gasteiger charge is -2.38. The number of nitrogens with zero attached hydrogens (tertiary/aromatic N) is 4. The third-order valence-electron chi connectivity index (χ3n) is 6.76. The first kappa shape index (κ1) is 28.6. The minimum absolute atomic E-state index is 0.0214. The van der Waals surface area contributed by atoms with Crippen LogP contribution in [-0.4, -0.2) is 88.2 Å². The molecule has 35 heavy (non-hydrogen) atoms. The van der Waals surface area contributed by atoms with Gasteiger partial charge in [0.1, 0.15) is 5.76 Å². The second kappa shape index (κ2) is 11.9. The second-order valence-electron chi connectivity index (χ2n) is 9.40. The summed E-state index contributed by atoms with van der Waals surface area (Å²) in [4.78, 5) is 39.8. The summed E-state index contributed by atoms with van der Waals surface area (Å²) in [6.07, 6.45) is 0.834. The second-order valence-corrected chi connectivity index (χ2v) is 9.40. The normalized spacial score (nSPS) is 20.8. The SMILES string of the molecule is Cc1noc(C)c1CN1CCCC2(CCCN2C(=O)CCC(=O)N(C)C)CC1.O=C(O)C(F)(F)F. The molecule has 1 unspecified atom stereocenters. The van der Waals surface area contributed by atoms with Gasteiger partial charge in [-0.3, -0.25) is 14.5 Å². The van der Waals surface area contributed by atoms with Crippen molar-refractivity contribution in [3.8, 4) is 0 Å². The topological polar surface area (TPSA) is 107 Å². The number of alkyl halides is 3. The van der Waals surface area contributed by atoms with Crippen molar-refractivity contribution >= 4 is 17.8 Å². The Labute approximate surface area is 203 Å². The Hall–Kier alpha value is -2.63. The van der Waals surface area contributed by atoms with E-state index in [1.54, 1.807) is 19.0 Å². The molecule has 9 nitrogen and oxygen atoms in total. The molecule has 2 aliphatic rings. The number of rotatable bonds is 5. The molecule has 198 valence electrons. The lowest BCUT2D eigenvalue weighted by Crippen LogP contribution is -2.48. The van der Waals surface area contributed by atoms with Crippen LogP contribution in [0.3, 0.4) is 0 Å². The smallest absolute Gasteiger partial charge is 0.475 e. The van der Waals surface area contributed by atoms with E-state index in [0.29, 0.717) is 12.8 Å². The van der Waals surface area contributed by atoms with Gasteiger partial charge in [0.2, 0.25) is 11.8 Å². The van der Waals surface area contributed by atoms with Gasteiger partial charge >= 0.3 is 12.1 Å². The highest BCUT2D eigenvalue weighted by molar-refractivity contribution is 5.84. The van der Waals surface area contributed by atoms with Crippen molar-refractivity contribution in [2.45, 2.75) is 77.1 Å². The van der Waals surface area contributed by atoms with Crippen molar-refractivity contribution in [1.82, 2.24) is 19.9 Å². The van der Waals surface area contributed by atoms with Crippen LogP contribution in [0.5, 0.6) is 0 Å². The average molecular weight is 505 g/mol. The van der Waals surface area contributed by atoms with Gasteiger partial charge in [-0.15, -0.1) is 0 Å². The van der Waals surface area contributed by atoms with Gasteiger partial charge in [0.25, 0.3) is 0 Å². The average Bonchev–Trinajstić information content (AvgIpc) is 3.25. The molecule has 0 radical (unpaired) electrons. The number of aryl methyl sites for hydroxylation is 2. The van der Waals surface area contributed by atoms with Gasteiger partial charge in [-0.25, -0.2) is 4.79 Å². The van der Waals surface area contributed by atoms with Gasteiger partial charge < -0.3 is 19.4 Å². The van der Waals surface area contributed by atoms with E-state index in [2.05, 4.69) is 15.0 Å². The Morgan fingerprint density at radius 2 is 1.66 bits per heavy atom. The van der Waals surface area contributed by atoms with Gasteiger partial charge in [0.05, 0.1) is 5.69 Å². The van der Waals surface area contributed by atoms with Crippen LogP contribution >= 0.6 is 0 Å². The first-order valence-electron chi connectivity index (χ1n) is 11.7. The van der Waals surface area contributed by atoms with Crippen LogP contribution in [0.25, 0.3) is 0 Å². The number of carbonyl (C=O) groups excluding carboxylic acids is 2. The molecule has 1 atom stereocenters. The molecule has 12 heteroatoms. The van der Waals surface area contributed by atoms with Crippen LogP contribution < -0.4 is 0 Å². The molecule has 2 aliphatic heterocycles. The van der Waals surface area contributed by atoms with Crippen molar-refractivity contribution in [2.75, 3.05) is 33.7 Å². The maximum Gasteiger partial charge on any atom is 0.490 e. The Kier molecular flexibility index (Phi) is 9.70. The molecular weight excluding hydrogens is 469 g/mol. The molecule has 0 aromatic carbocycles. The molecule has 3 heterocycles. The quantitative estimate of drug-likeness (QED) is 0.657. The molecule has 0 bridgehead atoms. The molecule has 1 N–H and O–H groups in total. The fourth-order valence-corrected chi connectivity index (χ4v) is 4.76. The predicted octanol–water partition coefficient (Wildman–Crippen LogP) is 3.14. The maximum absolute atomic E-state index is 12.9.